The van der Waals surface area contributed by atoms with Crippen LogP contribution in [0.3, 0.4) is 0 Å². The van der Waals surface area contributed by atoms with Gasteiger partial charge in [-0.15, -0.1) is 0 Å². The lowest BCUT2D eigenvalue weighted by Crippen LogP contribution is -2.01. The molecule has 0 spiro atoms. The van der Waals surface area contributed by atoms with E-state index in [1.807, 2.05) is 29.1 Å². The summed E-state index contributed by atoms with van der Waals surface area (Å²) in [4.78, 5) is 4.15. The van der Waals surface area contributed by atoms with Crippen LogP contribution in [0, 0.1) is 0 Å². The highest BCUT2D eigenvalue weighted by molar-refractivity contribution is 6.17. The van der Waals surface area contributed by atoms with Gasteiger partial charge in [0.25, 0.3) is 0 Å². The molecule has 4 nitrogen and oxygen atoms in total. The van der Waals surface area contributed by atoms with Gasteiger partial charge in [-0.05, 0) is 24.3 Å². The molecule has 1 N–H and O–H groups in total. The predicted octanol–water partition coefficient (Wildman–Crippen LogP) is 0.778. The molecule has 0 bridgehead atoms. The van der Waals surface area contributed by atoms with Crippen LogP contribution in [-0.2, 0) is 0 Å². The number of nitrogens with zero attached hydrogens (tertiary/aromatic N) is 2. The summed E-state index contributed by atoms with van der Waals surface area (Å²) in [5.41, 5.74) is 0. The van der Waals surface area contributed by atoms with E-state index < -0.39 is 0 Å². The van der Waals surface area contributed by atoms with E-state index in [4.69, 9.17) is 9.68 Å². The van der Waals surface area contributed by atoms with Crippen LogP contribution in [0.5, 0.6) is 5.75 Å². The predicted molar refractivity (Wildman–Crippen MR) is 52.2 cm³/mol. The molecule has 2 aromatic heterocycles. The van der Waals surface area contributed by atoms with Crippen LogP contribution in [0.2, 0.25) is 0 Å². The van der Waals surface area contributed by atoms with Gasteiger partial charge in [0.2, 0.25) is 0 Å². The first-order valence-corrected chi connectivity index (χ1v) is 4.12. The fraction of sp³-hybridized carbons (Fsp3) is 0. The molecule has 0 atom stereocenters. The Morgan fingerprint density at radius 3 is 2.64 bits per heavy atom. The first kappa shape index (κ1) is 8.84. The van der Waals surface area contributed by atoms with Crippen molar-refractivity contribution in [1.29, 1.82) is 0 Å². The number of hydrogen-bond acceptors (Lipinski definition) is 3. The molecule has 2 rings (SSSR count). The molecule has 69 valence electrons. The fourth-order valence-electron chi connectivity index (χ4n) is 1.14. The lowest BCUT2D eigenvalue weighted by Gasteiger charge is -2.03. The molecule has 0 aliphatic carbocycles. The highest BCUT2D eigenvalue weighted by Crippen LogP contribution is 2.11. The topological polar surface area (TPSA) is 47.3 Å². The van der Waals surface area contributed by atoms with E-state index in [-0.39, 0.29) is 0 Å². The Hall–Kier alpha value is -1.75. The molecular weight excluding hydrogens is 179 g/mol. The fourth-order valence-corrected chi connectivity index (χ4v) is 1.14. The van der Waals surface area contributed by atoms with E-state index in [2.05, 4.69) is 4.98 Å². The third-order valence-corrected chi connectivity index (χ3v) is 1.78. The lowest BCUT2D eigenvalue weighted by molar-refractivity contribution is 0.452. The molecular formula is C9H8BN2O2. The van der Waals surface area contributed by atoms with Gasteiger partial charge in [-0.1, -0.05) is 0 Å². The summed E-state index contributed by atoms with van der Waals surface area (Å²) < 4.78 is 6.62. The highest BCUT2D eigenvalue weighted by Gasteiger charge is 1.97. The van der Waals surface area contributed by atoms with E-state index in [0.29, 0.717) is 13.4 Å². The highest BCUT2D eigenvalue weighted by atomic mass is 16.5. The Morgan fingerprint density at radius 2 is 2.07 bits per heavy atom. The summed E-state index contributed by atoms with van der Waals surface area (Å²) in [5, 5.41) is 8.39. The van der Waals surface area contributed by atoms with Gasteiger partial charge < -0.3 is 14.2 Å². The first-order valence-electron chi connectivity index (χ1n) is 4.12. The quantitative estimate of drug-likeness (QED) is 0.722. The minimum atomic E-state index is 0.503. The average molecular weight is 187 g/mol. The Balaban J connectivity index is 2.22. The normalized spacial score (nSPS) is 9.79. The van der Waals surface area contributed by atoms with Crippen molar-refractivity contribution in [2.45, 2.75) is 0 Å². The van der Waals surface area contributed by atoms with Gasteiger partial charge in [0, 0.05) is 12.4 Å². The van der Waals surface area contributed by atoms with E-state index in [9.17, 15) is 0 Å². The SMILES string of the molecule is O[B]Oc1ccc(-n2cccc2)nc1. The zero-order valence-electron chi connectivity index (χ0n) is 7.37. The lowest BCUT2D eigenvalue weighted by atomic mass is 10.3. The molecule has 0 saturated carbocycles. The van der Waals surface area contributed by atoms with Gasteiger partial charge in [-0.2, -0.15) is 0 Å². The molecule has 0 unspecified atom stereocenters. The molecule has 0 saturated heterocycles. The maximum absolute atomic E-state index is 8.39. The second-order valence-corrected chi connectivity index (χ2v) is 2.67. The molecule has 0 fully saturated rings. The van der Waals surface area contributed by atoms with Gasteiger partial charge in [0.15, 0.2) is 0 Å². The van der Waals surface area contributed by atoms with Crippen LogP contribution >= 0.6 is 0 Å². The Bertz CT molecular complexity index is 386. The van der Waals surface area contributed by atoms with Gasteiger partial charge >= 0.3 is 7.69 Å². The van der Waals surface area contributed by atoms with Crippen molar-refractivity contribution in [1.82, 2.24) is 9.55 Å². The molecule has 5 heteroatoms. The monoisotopic (exact) mass is 187 g/mol. The summed E-state index contributed by atoms with van der Waals surface area (Å²) >= 11 is 0. The summed E-state index contributed by atoms with van der Waals surface area (Å²) in [7, 11) is 0.631. The van der Waals surface area contributed by atoms with Crippen molar-refractivity contribution < 1.29 is 9.68 Å². The maximum Gasteiger partial charge on any atom is 0.569 e. The second kappa shape index (κ2) is 3.98. The van der Waals surface area contributed by atoms with Crippen molar-refractivity contribution in [3.8, 4) is 11.6 Å². The van der Waals surface area contributed by atoms with Gasteiger partial charge in [-0.3, -0.25) is 0 Å². The van der Waals surface area contributed by atoms with Crippen molar-refractivity contribution in [3.63, 3.8) is 0 Å². The summed E-state index contributed by atoms with van der Waals surface area (Å²) in [6.45, 7) is 0. The summed E-state index contributed by atoms with van der Waals surface area (Å²) in [5.74, 6) is 1.31. The number of pyridine rings is 1. The van der Waals surface area contributed by atoms with Crippen molar-refractivity contribution in [3.05, 3.63) is 42.9 Å². The van der Waals surface area contributed by atoms with Crippen LogP contribution in [0.25, 0.3) is 5.82 Å². The van der Waals surface area contributed by atoms with Crippen LogP contribution in [-0.4, -0.2) is 22.3 Å². The van der Waals surface area contributed by atoms with E-state index in [0.717, 1.165) is 5.82 Å². The molecule has 0 amide bonds. The van der Waals surface area contributed by atoms with E-state index in [1.165, 1.54) is 0 Å². The smallest absolute Gasteiger partial charge is 0.536 e. The summed E-state index contributed by atoms with van der Waals surface area (Å²) in [6.07, 6.45) is 5.35. The van der Waals surface area contributed by atoms with Crippen LogP contribution in [0.4, 0.5) is 0 Å². The van der Waals surface area contributed by atoms with E-state index in [1.54, 1.807) is 18.3 Å². The zero-order chi connectivity index (χ0) is 9.80. The molecule has 2 aromatic rings. The van der Waals surface area contributed by atoms with Crippen molar-refractivity contribution in [2.75, 3.05) is 0 Å². The van der Waals surface area contributed by atoms with Crippen LogP contribution in [0.1, 0.15) is 0 Å². The van der Waals surface area contributed by atoms with Gasteiger partial charge in [0.1, 0.15) is 11.6 Å². The number of hydrogen-bond donors (Lipinski definition) is 1. The van der Waals surface area contributed by atoms with Crippen molar-refractivity contribution in [2.24, 2.45) is 0 Å². The minimum Gasteiger partial charge on any atom is -0.536 e. The first-order chi connectivity index (χ1) is 6.90. The molecule has 14 heavy (non-hydrogen) atoms. The van der Waals surface area contributed by atoms with Crippen LogP contribution < -0.4 is 4.65 Å². The summed E-state index contributed by atoms with van der Waals surface area (Å²) in [6, 6.07) is 7.38. The van der Waals surface area contributed by atoms with Gasteiger partial charge in [0.05, 0.1) is 6.20 Å². The van der Waals surface area contributed by atoms with Gasteiger partial charge in [-0.25, -0.2) is 4.98 Å². The minimum absolute atomic E-state index is 0.503. The maximum atomic E-state index is 8.39. The van der Waals surface area contributed by atoms with Crippen LogP contribution in [0.15, 0.2) is 42.9 Å². The largest absolute Gasteiger partial charge is 0.569 e. The second-order valence-electron chi connectivity index (χ2n) is 2.67. The Labute approximate surface area is 82.1 Å². The molecule has 1 radical (unpaired) electrons. The number of aromatic nitrogens is 2. The van der Waals surface area contributed by atoms with E-state index >= 15 is 0 Å². The molecule has 0 aromatic carbocycles. The standard InChI is InChI=1S/C9H8BN2O2/c13-10-14-8-3-4-9(11-7-8)12-5-1-2-6-12/h1-7,13H. The zero-order valence-corrected chi connectivity index (χ0v) is 7.37. The average Bonchev–Trinajstić information content (AvgIpc) is 2.72. The molecule has 0 aliphatic rings. The third-order valence-electron chi connectivity index (χ3n) is 1.78. The Morgan fingerprint density at radius 1 is 1.29 bits per heavy atom. The number of rotatable bonds is 3. The molecule has 0 aliphatic heterocycles. The molecule has 2 heterocycles. The Kier molecular flexibility index (Phi) is 2.51. The third kappa shape index (κ3) is 1.77. The van der Waals surface area contributed by atoms with Crippen molar-refractivity contribution >= 4 is 7.69 Å².